The Kier molecular flexibility index (Phi) is 2.79. The van der Waals surface area contributed by atoms with E-state index in [1.54, 1.807) is 0 Å². The molecule has 0 saturated heterocycles. The standard InChI is InChI=1S/C11H7BrOS/c12-9-3-1-2-8(6-9)11-5-4-10(7-13)14-11/h1-7H. The largest absolute Gasteiger partial charge is 0.297 e. The van der Waals surface area contributed by atoms with Gasteiger partial charge in [-0.2, -0.15) is 0 Å². The van der Waals surface area contributed by atoms with E-state index in [0.29, 0.717) is 0 Å². The summed E-state index contributed by atoms with van der Waals surface area (Å²) < 4.78 is 1.05. The smallest absolute Gasteiger partial charge is 0.160 e. The van der Waals surface area contributed by atoms with Crippen LogP contribution in [0.4, 0.5) is 0 Å². The fraction of sp³-hybridized carbons (Fsp3) is 0. The summed E-state index contributed by atoms with van der Waals surface area (Å²) in [4.78, 5) is 12.4. The maximum absolute atomic E-state index is 10.5. The lowest BCUT2D eigenvalue weighted by molar-refractivity contribution is 0.112. The fourth-order valence-electron chi connectivity index (χ4n) is 1.21. The van der Waals surface area contributed by atoms with Crippen LogP contribution in [0.5, 0.6) is 0 Å². The topological polar surface area (TPSA) is 17.1 Å². The van der Waals surface area contributed by atoms with Gasteiger partial charge >= 0.3 is 0 Å². The van der Waals surface area contributed by atoms with Gasteiger partial charge in [0, 0.05) is 9.35 Å². The highest BCUT2D eigenvalue weighted by Crippen LogP contribution is 2.28. The number of aldehydes is 1. The Morgan fingerprint density at radius 2 is 2.07 bits per heavy atom. The van der Waals surface area contributed by atoms with E-state index in [2.05, 4.69) is 15.9 Å². The average molecular weight is 267 g/mol. The normalized spacial score (nSPS) is 10.1. The van der Waals surface area contributed by atoms with E-state index >= 15 is 0 Å². The molecule has 0 radical (unpaired) electrons. The van der Waals surface area contributed by atoms with Crippen LogP contribution in [0.25, 0.3) is 10.4 Å². The zero-order valence-corrected chi connectivity index (χ0v) is 9.64. The van der Waals surface area contributed by atoms with Crippen molar-refractivity contribution in [2.75, 3.05) is 0 Å². The van der Waals surface area contributed by atoms with Gasteiger partial charge in [0.15, 0.2) is 6.29 Å². The third kappa shape index (κ3) is 1.94. The molecule has 0 fully saturated rings. The van der Waals surface area contributed by atoms with Crippen LogP contribution in [-0.4, -0.2) is 6.29 Å². The van der Waals surface area contributed by atoms with Crippen LogP contribution in [0.1, 0.15) is 9.67 Å². The number of rotatable bonds is 2. The van der Waals surface area contributed by atoms with Crippen molar-refractivity contribution in [2.45, 2.75) is 0 Å². The van der Waals surface area contributed by atoms with Crippen LogP contribution in [-0.2, 0) is 0 Å². The molecule has 0 aliphatic rings. The Bertz CT molecular complexity index is 462. The molecule has 2 aromatic rings. The van der Waals surface area contributed by atoms with Crippen molar-refractivity contribution < 1.29 is 4.79 Å². The van der Waals surface area contributed by atoms with Gasteiger partial charge in [0.1, 0.15) is 0 Å². The average Bonchev–Trinajstić information content (AvgIpc) is 2.66. The molecule has 3 heteroatoms. The minimum absolute atomic E-state index is 0.764. The third-order valence-corrected chi connectivity index (χ3v) is 3.41. The highest BCUT2D eigenvalue weighted by atomic mass is 79.9. The molecule has 14 heavy (non-hydrogen) atoms. The molecule has 0 aliphatic carbocycles. The van der Waals surface area contributed by atoms with E-state index in [9.17, 15) is 4.79 Å². The molecular formula is C11H7BrOS. The maximum Gasteiger partial charge on any atom is 0.160 e. The SMILES string of the molecule is O=Cc1ccc(-c2cccc(Br)c2)s1. The Morgan fingerprint density at radius 3 is 2.71 bits per heavy atom. The lowest BCUT2D eigenvalue weighted by Crippen LogP contribution is -1.70. The molecule has 0 spiro atoms. The van der Waals surface area contributed by atoms with Crippen molar-refractivity contribution >= 4 is 33.6 Å². The second kappa shape index (κ2) is 4.07. The summed E-state index contributed by atoms with van der Waals surface area (Å²) >= 11 is 4.92. The monoisotopic (exact) mass is 266 g/mol. The Hall–Kier alpha value is -0.930. The summed E-state index contributed by atoms with van der Waals surface area (Å²) in [6.45, 7) is 0. The molecule has 0 atom stereocenters. The molecule has 0 unspecified atom stereocenters. The zero-order chi connectivity index (χ0) is 9.97. The van der Waals surface area contributed by atoms with Gasteiger partial charge in [-0.1, -0.05) is 28.1 Å². The van der Waals surface area contributed by atoms with E-state index in [1.165, 1.54) is 11.3 Å². The van der Waals surface area contributed by atoms with Crippen LogP contribution in [0.3, 0.4) is 0 Å². The van der Waals surface area contributed by atoms with Crippen LogP contribution in [0.2, 0.25) is 0 Å². The predicted octanol–water partition coefficient (Wildman–Crippen LogP) is 3.99. The van der Waals surface area contributed by atoms with Crippen molar-refractivity contribution in [1.82, 2.24) is 0 Å². The quantitative estimate of drug-likeness (QED) is 0.752. The van der Waals surface area contributed by atoms with Gasteiger partial charge in [0.25, 0.3) is 0 Å². The van der Waals surface area contributed by atoms with Crippen LogP contribution < -0.4 is 0 Å². The molecule has 1 aromatic heterocycles. The molecule has 0 saturated carbocycles. The lowest BCUT2D eigenvalue weighted by atomic mass is 10.2. The second-order valence-corrected chi connectivity index (χ2v) is 4.86. The summed E-state index contributed by atoms with van der Waals surface area (Å²) in [5.41, 5.74) is 1.14. The van der Waals surface area contributed by atoms with E-state index in [4.69, 9.17) is 0 Å². The van der Waals surface area contributed by atoms with Crippen molar-refractivity contribution in [1.29, 1.82) is 0 Å². The highest BCUT2D eigenvalue weighted by Gasteiger charge is 2.01. The van der Waals surface area contributed by atoms with Crippen molar-refractivity contribution in [3.05, 3.63) is 45.7 Å². The second-order valence-electron chi connectivity index (χ2n) is 2.83. The number of hydrogen-bond donors (Lipinski definition) is 0. The molecule has 1 nitrogen and oxygen atoms in total. The number of hydrogen-bond acceptors (Lipinski definition) is 2. The van der Waals surface area contributed by atoms with Crippen LogP contribution in [0, 0.1) is 0 Å². The first kappa shape index (κ1) is 9.62. The number of thiophene rings is 1. The molecule has 0 aliphatic heterocycles. The van der Waals surface area contributed by atoms with Gasteiger partial charge in [0.2, 0.25) is 0 Å². The Labute approximate surface area is 94.5 Å². The molecule has 70 valence electrons. The number of carbonyl (C=O) groups is 1. The first-order valence-electron chi connectivity index (χ1n) is 4.10. The number of benzene rings is 1. The Morgan fingerprint density at radius 1 is 1.21 bits per heavy atom. The van der Waals surface area contributed by atoms with Crippen molar-refractivity contribution in [3.63, 3.8) is 0 Å². The minimum atomic E-state index is 0.764. The van der Waals surface area contributed by atoms with Crippen molar-refractivity contribution in [3.8, 4) is 10.4 Å². The van der Waals surface area contributed by atoms with E-state index in [1.807, 2.05) is 36.4 Å². The number of halogens is 1. The summed E-state index contributed by atoms with van der Waals surface area (Å²) in [6, 6.07) is 11.9. The summed E-state index contributed by atoms with van der Waals surface area (Å²) in [5.74, 6) is 0. The molecule has 1 aromatic carbocycles. The van der Waals surface area contributed by atoms with E-state index in [-0.39, 0.29) is 0 Å². The van der Waals surface area contributed by atoms with Crippen LogP contribution >= 0.6 is 27.3 Å². The zero-order valence-electron chi connectivity index (χ0n) is 7.24. The summed E-state index contributed by atoms with van der Waals surface area (Å²) in [7, 11) is 0. The number of carbonyl (C=O) groups excluding carboxylic acids is 1. The molecule has 0 N–H and O–H groups in total. The lowest BCUT2D eigenvalue weighted by Gasteiger charge is -1.96. The Balaban J connectivity index is 2.43. The van der Waals surface area contributed by atoms with Gasteiger partial charge in [0.05, 0.1) is 4.88 Å². The van der Waals surface area contributed by atoms with E-state index in [0.717, 1.165) is 26.1 Å². The first-order valence-corrected chi connectivity index (χ1v) is 5.71. The summed E-state index contributed by atoms with van der Waals surface area (Å²) in [5, 5.41) is 0. The molecule has 1 heterocycles. The predicted molar refractivity (Wildman–Crippen MR) is 62.8 cm³/mol. The minimum Gasteiger partial charge on any atom is -0.297 e. The van der Waals surface area contributed by atoms with Gasteiger partial charge in [-0.25, -0.2) is 0 Å². The molecule has 2 rings (SSSR count). The highest BCUT2D eigenvalue weighted by molar-refractivity contribution is 9.10. The van der Waals surface area contributed by atoms with Gasteiger partial charge in [-0.05, 0) is 29.8 Å². The van der Waals surface area contributed by atoms with Crippen molar-refractivity contribution in [2.24, 2.45) is 0 Å². The molecule has 0 amide bonds. The van der Waals surface area contributed by atoms with Crippen LogP contribution in [0.15, 0.2) is 40.9 Å². The molecular weight excluding hydrogens is 260 g/mol. The van der Waals surface area contributed by atoms with Gasteiger partial charge in [-0.15, -0.1) is 11.3 Å². The van der Waals surface area contributed by atoms with Gasteiger partial charge in [-0.3, -0.25) is 4.79 Å². The third-order valence-electron chi connectivity index (χ3n) is 1.85. The first-order chi connectivity index (χ1) is 6.79. The van der Waals surface area contributed by atoms with Gasteiger partial charge < -0.3 is 0 Å². The summed E-state index contributed by atoms with van der Waals surface area (Å²) in [6.07, 6.45) is 0.881. The maximum atomic E-state index is 10.5. The molecule has 0 bridgehead atoms. The fourth-order valence-corrected chi connectivity index (χ4v) is 2.43. The van der Waals surface area contributed by atoms with E-state index < -0.39 is 0 Å².